The van der Waals surface area contributed by atoms with Gasteiger partial charge in [-0.1, -0.05) is 19.9 Å². The highest BCUT2D eigenvalue weighted by Crippen LogP contribution is 2.35. The Labute approximate surface area is 114 Å². The van der Waals surface area contributed by atoms with Crippen LogP contribution in [0.4, 0.5) is 0 Å². The van der Waals surface area contributed by atoms with E-state index in [9.17, 15) is 9.90 Å². The quantitative estimate of drug-likeness (QED) is 0.887. The number of aliphatic carboxylic acids is 1. The highest BCUT2D eigenvalue weighted by molar-refractivity contribution is 5.78. The van der Waals surface area contributed by atoms with Crippen molar-refractivity contribution in [3.63, 3.8) is 0 Å². The van der Waals surface area contributed by atoms with Gasteiger partial charge < -0.3 is 9.84 Å². The molecule has 19 heavy (non-hydrogen) atoms. The van der Waals surface area contributed by atoms with Crippen molar-refractivity contribution in [1.29, 1.82) is 0 Å². The van der Waals surface area contributed by atoms with Crippen LogP contribution in [0.1, 0.15) is 37.8 Å². The van der Waals surface area contributed by atoms with Gasteiger partial charge in [0.2, 0.25) is 0 Å². The molecule has 1 aliphatic heterocycles. The minimum atomic E-state index is -0.758. The number of hydrogen-bond acceptors (Lipinski definition) is 3. The van der Waals surface area contributed by atoms with Crippen molar-refractivity contribution >= 4 is 5.97 Å². The van der Waals surface area contributed by atoms with Crippen LogP contribution in [-0.2, 0) is 17.9 Å². The molecule has 1 aromatic carbocycles. The Morgan fingerprint density at radius 2 is 1.95 bits per heavy atom. The first kappa shape index (κ1) is 13.9. The van der Waals surface area contributed by atoms with Crippen LogP contribution in [0.3, 0.4) is 0 Å². The van der Waals surface area contributed by atoms with E-state index >= 15 is 0 Å². The van der Waals surface area contributed by atoms with Gasteiger partial charge in [-0.15, -0.1) is 0 Å². The standard InChI is InChI=1S/C15H21NO3/c1-4-15(5-2,14(17)18)16-9-11-6-7-13(19-3)8-12(11)10-16/h6-8H,4-5,9-10H2,1-3H3,(H,17,18). The first-order valence-electron chi connectivity index (χ1n) is 6.71. The number of ether oxygens (including phenoxy) is 1. The fraction of sp³-hybridized carbons (Fsp3) is 0.533. The van der Waals surface area contributed by atoms with Crippen LogP contribution in [0.5, 0.6) is 5.75 Å². The zero-order chi connectivity index (χ0) is 14.0. The van der Waals surface area contributed by atoms with Gasteiger partial charge in [-0.05, 0) is 36.1 Å². The second-order valence-electron chi connectivity index (χ2n) is 5.03. The number of benzene rings is 1. The van der Waals surface area contributed by atoms with Crippen LogP contribution in [0.25, 0.3) is 0 Å². The highest BCUT2D eigenvalue weighted by atomic mass is 16.5. The van der Waals surface area contributed by atoms with Crippen LogP contribution in [0.15, 0.2) is 18.2 Å². The Kier molecular flexibility index (Phi) is 3.80. The molecule has 1 heterocycles. The van der Waals surface area contributed by atoms with Crippen LogP contribution in [-0.4, -0.2) is 28.6 Å². The molecule has 1 aromatic rings. The number of rotatable bonds is 5. The number of fused-ring (bicyclic) bond motifs is 1. The van der Waals surface area contributed by atoms with E-state index in [0.29, 0.717) is 25.9 Å². The van der Waals surface area contributed by atoms with E-state index in [1.54, 1.807) is 7.11 Å². The number of carboxylic acids is 1. The van der Waals surface area contributed by atoms with E-state index in [-0.39, 0.29) is 0 Å². The third-order valence-corrected chi connectivity index (χ3v) is 4.31. The van der Waals surface area contributed by atoms with Gasteiger partial charge in [-0.25, -0.2) is 0 Å². The average Bonchev–Trinajstić information content (AvgIpc) is 2.83. The molecule has 4 nitrogen and oxygen atoms in total. The zero-order valence-electron chi connectivity index (χ0n) is 11.8. The molecule has 0 saturated carbocycles. The molecule has 0 fully saturated rings. The van der Waals surface area contributed by atoms with Gasteiger partial charge in [0.1, 0.15) is 11.3 Å². The van der Waals surface area contributed by atoms with Crippen molar-refractivity contribution < 1.29 is 14.6 Å². The molecule has 0 spiro atoms. The van der Waals surface area contributed by atoms with Gasteiger partial charge in [0.05, 0.1) is 7.11 Å². The topological polar surface area (TPSA) is 49.8 Å². The highest BCUT2D eigenvalue weighted by Gasteiger charge is 2.43. The summed E-state index contributed by atoms with van der Waals surface area (Å²) in [5.74, 6) is 0.104. The third-order valence-electron chi connectivity index (χ3n) is 4.31. The van der Waals surface area contributed by atoms with Crippen molar-refractivity contribution in [3.05, 3.63) is 29.3 Å². The summed E-state index contributed by atoms with van der Waals surface area (Å²) in [6.07, 6.45) is 1.23. The number of carboxylic acid groups (broad SMARTS) is 1. The minimum Gasteiger partial charge on any atom is -0.497 e. The van der Waals surface area contributed by atoms with Gasteiger partial charge in [0.25, 0.3) is 0 Å². The van der Waals surface area contributed by atoms with E-state index in [2.05, 4.69) is 4.90 Å². The molecule has 1 aliphatic rings. The number of nitrogens with zero attached hydrogens (tertiary/aromatic N) is 1. The predicted molar refractivity (Wildman–Crippen MR) is 73.2 cm³/mol. The molecule has 0 aliphatic carbocycles. The first-order valence-corrected chi connectivity index (χ1v) is 6.71. The average molecular weight is 263 g/mol. The van der Waals surface area contributed by atoms with Crippen molar-refractivity contribution in [2.75, 3.05) is 7.11 Å². The van der Waals surface area contributed by atoms with Crippen molar-refractivity contribution in [2.24, 2.45) is 0 Å². The second kappa shape index (κ2) is 5.21. The molecule has 0 bridgehead atoms. The molecule has 1 N–H and O–H groups in total. The lowest BCUT2D eigenvalue weighted by atomic mass is 9.91. The molecular weight excluding hydrogens is 242 g/mol. The van der Waals surface area contributed by atoms with E-state index in [1.807, 2.05) is 32.0 Å². The molecule has 0 atom stereocenters. The largest absolute Gasteiger partial charge is 0.497 e. The van der Waals surface area contributed by atoms with Gasteiger partial charge in [-0.2, -0.15) is 0 Å². The molecule has 0 aromatic heterocycles. The summed E-state index contributed by atoms with van der Waals surface area (Å²) in [6, 6.07) is 5.97. The minimum absolute atomic E-state index is 0.615. The maximum Gasteiger partial charge on any atom is 0.324 e. The fourth-order valence-electron chi connectivity index (χ4n) is 2.94. The Hall–Kier alpha value is -1.55. The molecule has 0 unspecified atom stereocenters. The maximum absolute atomic E-state index is 11.7. The van der Waals surface area contributed by atoms with Crippen LogP contribution < -0.4 is 4.74 Å². The molecule has 0 radical (unpaired) electrons. The molecular formula is C15H21NO3. The van der Waals surface area contributed by atoms with E-state index in [0.717, 1.165) is 5.75 Å². The van der Waals surface area contributed by atoms with Gasteiger partial charge in [0, 0.05) is 13.1 Å². The molecule has 4 heteroatoms. The Morgan fingerprint density at radius 3 is 2.47 bits per heavy atom. The van der Waals surface area contributed by atoms with E-state index < -0.39 is 11.5 Å². The summed E-state index contributed by atoms with van der Waals surface area (Å²) in [6.45, 7) is 5.27. The summed E-state index contributed by atoms with van der Waals surface area (Å²) in [5, 5.41) is 9.60. The Bertz CT molecular complexity index is 480. The van der Waals surface area contributed by atoms with E-state index in [1.165, 1.54) is 11.1 Å². The van der Waals surface area contributed by atoms with Gasteiger partial charge >= 0.3 is 5.97 Å². The second-order valence-corrected chi connectivity index (χ2v) is 5.03. The maximum atomic E-state index is 11.7. The molecule has 0 saturated heterocycles. The number of methoxy groups -OCH3 is 1. The monoisotopic (exact) mass is 263 g/mol. The first-order chi connectivity index (χ1) is 9.07. The lowest BCUT2D eigenvalue weighted by Crippen LogP contribution is -2.51. The summed E-state index contributed by atoms with van der Waals surface area (Å²) < 4.78 is 5.23. The molecule has 2 rings (SSSR count). The lowest BCUT2D eigenvalue weighted by molar-refractivity contribution is -0.153. The van der Waals surface area contributed by atoms with Gasteiger partial charge in [0.15, 0.2) is 0 Å². The third kappa shape index (κ3) is 2.21. The Morgan fingerprint density at radius 1 is 1.32 bits per heavy atom. The lowest BCUT2D eigenvalue weighted by Gasteiger charge is -2.36. The summed E-state index contributed by atoms with van der Waals surface area (Å²) in [7, 11) is 1.65. The smallest absolute Gasteiger partial charge is 0.324 e. The molecule has 104 valence electrons. The van der Waals surface area contributed by atoms with Crippen molar-refractivity contribution in [3.8, 4) is 5.75 Å². The number of carbonyl (C=O) groups is 1. The fourth-order valence-corrected chi connectivity index (χ4v) is 2.94. The van der Waals surface area contributed by atoms with Crippen LogP contribution in [0, 0.1) is 0 Å². The predicted octanol–water partition coefficient (Wildman–Crippen LogP) is 2.65. The summed E-state index contributed by atoms with van der Waals surface area (Å²) in [4.78, 5) is 13.7. The van der Waals surface area contributed by atoms with Crippen molar-refractivity contribution in [2.45, 2.75) is 45.3 Å². The number of hydrogen-bond donors (Lipinski definition) is 1. The van der Waals surface area contributed by atoms with E-state index in [4.69, 9.17) is 4.74 Å². The zero-order valence-corrected chi connectivity index (χ0v) is 11.8. The summed E-state index contributed by atoms with van der Waals surface area (Å²) in [5.41, 5.74) is 1.62. The molecule has 0 amide bonds. The van der Waals surface area contributed by atoms with Crippen LogP contribution in [0.2, 0.25) is 0 Å². The van der Waals surface area contributed by atoms with Crippen molar-refractivity contribution in [1.82, 2.24) is 4.90 Å². The summed E-state index contributed by atoms with van der Waals surface area (Å²) >= 11 is 0. The SMILES string of the molecule is CCC(CC)(C(=O)O)N1Cc2ccc(OC)cc2C1. The normalized spacial score (nSPS) is 15.3. The van der Waals surface area contributed by atoms with Crippen LogP contribution >= 0.6 is 0 Å². The Balaban J connectivity index is 2.29. The van der Waals surface area contributed by atoms with Gasteiger partial charge in [-0.3, -0.25) is 9.69 Å².